The normalized spacial score (nSPS) is 9.82. The fraction of sp³-hybridized carbons (Fsp3) is 0.182. The molecule has 6 heteroatoms. The van der Waals surface area contributed by atoms with Crippen LogP contribution < -0.4 is 11.1 Å². The molecule has 1 aromatic carbocycles. The maximum Gasteiger partial charge on any atom is 0.228 e. The highest BCUT2D eigenvalue weighted by atomic mass is 16.5. The van der Waals surface area contributed by atoms with Gasteiger partial charge in [0.25, 0.3) is 0 Å². The zero-order chi connectivity index (χ0) is 12.1. The van der Waals surface area contributed by atoms with Gasteiger partial charge in [0.05, 0.1) is 23.0 Å². The van der Waals surface area contributed by atoms with Crippen LogP contribution in [0, 0.1) is 11.3 Å². The maximum absolute atomic E-state index is 8.78. The van der Waals surface area contributed by atoms with Crippen LogP contribution >= 0.6 is 0 Å². The Morgan fingerprint density at radius 2 is 2.35 bits per heavy atom. The molecule has 2 rings (SSSR count). The molecule has 0 fully saturated rings. The van der Waals surface area contributed by atoms with Crippen molar-refractivity contribution in [1.82, 2.24) is 10.1 Å². The predicted octanol–water partition coefficient (Wildman–Crippen LogP) is 1.18. The van der Waals surface area contributed by atoms with Crippen molar-refractivity contribution in [2.24, 2.45) is 0 Å². The lowest BCUT2D eigenvalue weighted by Gasteiger charge is -2.08. The molecule has 1 heterocycles. The lowest BCUT2D eigenvalue weighted by Crippen LogP contribution is -2.07. The topological polar surface area (TPSA) is 101 Å². The van der Waals surface area contributed by atoms with Gasteiger partial charge in [0, 0.05) is 13.0 Å². The molecule has 1 aromatic heterocycles. The van der Waals surface area contributed by atoms with Crippen LogP contribution in [0.3, 0.4) is 0 Å². The lowest BCUT2D eigenvalue weighted by molar-refractivity contribution is 0.380. The van der Waals surface area contributed by atoms with Gasteiger partial charge in [-0.25, -0.2) is 0 Å². The first-order valence-electron chi connectivity index (χ1n) is 5.08. The highest BCUT2D eigenvalue weighted by Gasteiger charge is 2.02. The van der Waals surface area contributed by atoms with Gasteiger partial charge in [-0.05, 0) is 18.2 Å². The quantitative estimate of drug-likeness (QED) is 0.763. The van der Waals surface area contributed by atoms with E-state index in [1.165, 1.54) is 6.33 Å². The van der Waals surface area contributed by atoms with Crippen LogP contribution in [0.1, 0.15) is 11.5 Å². The summed E-state index contributed by atoms with van der Waals surface area (Å²) in [6.07, 6.45) is 1.97. The van der Waals surface area contributed by atoms with E-state index in [1.807, 2.05) is 0 Å². The Morgan fingerprint density at radius 1 is 1.47 bits per heavy atom. The number of nitrogens with zero attached hydrogens (tertiary/aromatic N) is 3. The number of nitrogens with two attached hydrogens (primary N) is 1. The van der Waals surface area contributed by atoms with Crippen LogP contribution in [0.15, 0.2) is 29.0 Å². The van der Waals surface area contributed by atoms with E-state index in [-0.39, 0.29) is 0 Å². The Kier molecular flexibility index (Phi) is 3.21. The molecule has 17 heavy (non-hydrogen) atoms. The largest absolute Gasteiger partial charge is 0.397 e. The average Bonchev–Trinajstić information content (AvgIpc) is 2.84. The van der Waals surface area contributed by atoms with E-state index in [0.717, 1.165) is 5.69 Å². The smallest absolute Gasteiger partial charge is 0.228 e. The van der Waals surface area contributed by atoms with Crippen LogP contribution in [-0.2, 0) is 6.42 Å². The first kappa shape index (κ1) is 11.0. The fourth-order valence-corrected chi connectivity index (χ4v) is 1.39. The number of benzene rings is 1. The molecule has 0 aliphatic rings. The molecule has 0 atom stereocenters. The van der Waals surface area contributed by atoms with Crippen molar-refractivity contribution >= 4 is 11.4 Å². The van der Waals surface area contributed by atoms with Gasteiger partial charge in [0.2, 0.25) is 5.89 Å². The Labute approximate surface area is 98.1 Å². The highest BCUT2D eigenvalue weighted by Crippen LogP contribution is 2.19. The number of aromatic nitrogens is 2. The summed E-state index contributed by atoms with van der Waals surface area (Å²) in [6.45, 7) is 0.612. The summed E-state index contributed by atoms with van der Waals surface area (Å²) in [5.74, 6) is 0.563. The van der Waals surface area contributed by atoms with Gasteiger partial charge in [-0.2, -0.15) is 10.2 Å². The molecule has 0 saturated carbocycles. The molecular formula is C11H11N5O. The van der Waals surface area contributed by atoms with Gasteiger partial charge in [0.1, 0.15) is 0 Å². The van der Waals surface area contributed by atoms with Gasteiger partial charge in [-0.15, -0.1) is 0 Å². The van der Waals surface area contributed by atoms with Crippen LogP contribution in [0.5, 0.6) is 0 Å². The Morgan fingerprint density at radius 3 is 3.06 bits per heavy atom. The Bertz CT molecular complexity index is 529. The van der Waals surface area contributed by atoms with E-state index in [4.69, 9.17) is 15.5 Å². The summed E-state index contributed by atoms with van der Waals surface area (Å²) < 4.78 is 4.86. The first-order valence-corrected chi connectivity index (χ1v) is 5.08. The molecule has 0 aliphatic carbocycles. The van der Waals surface area contributed by atoms with E-state index >= 15 is 0 Å². The summed E-state index contributed by atoms with van der Waals surface area (Å²) in [7, 11) is 0. The average molecular weight is 229 g/mol. The van der Waals surface area contributed by atoms with Crippen molar-refractivity contribution in [3.05, 3.63) is 36.0 Å². The van der Waals surface area contributed by atoms with Gasteiger partial charge in [-0.3, -0.25) is 0 Å². The zero-order valence-corrected chi connectivity index (χ0v) is 9.05. The predicted molar refractivity (Wildman–Crippen MR) is 62.1 cm³/mol. The molecule has 0 aliphatic heterocycles. The third-order valence-electron chi connectivity index (χ3n) is 2.24. The molecule has 86 valence electrons. The fourth-order valence-electron chi connectivity index (χ4n) is 1.39. The molecule has 0 saturated heterocycles. The number of hydrogen-bond donors (Lipinski definition) is 2. The SMILES string of the molecule is N#Cc1ccc(N)c(NCCc2ncno2)c1. The minimum Gasteiger partial charge on any atom is -0.397 e. The van der Waals surface area contributed by atoms with Crippen molar-refractivity contribution in [2.75, 3.05) is 17.6 Å². The monoisotopic (exact) mass is 229 g/mol. The molecule has 2 aromatic rings. The summed E-state index contributed by atoms with van der Waals surface area (Å²) in [4.78, 5) is 3.90. The summed E-state index contributed by atoms with van der Waals surface area (Å²) in [5.41, 5.74) is 7.69. The molecule has 6 nitrogen and oxygen atoms in total. The number of hydrogen-bond acceptors (Lipinski definition) is 6. The number of anilines is 2. The highest BCUT2D eigenvalue weighted by molar-refractivity contribution is 5.68. The first-order chi connectivity index (χ1) is 8.29. The van der Waals surface area contributed by atoms with Crippen molar-refractivity contribution in [2.45, 2.75) is 6.42 Å². The second-order valence-corrected chi connectivity index (χ2v) is 3.43. The summed E-state index contributed by atoms with van der Waals surface area (Å²) >= 11 is 0. The number of rotatable bonds is 4. The minimum absolute atomic E-state index is 0.563. The molecule has 3 N–H and O–H groups in total. The van der Waals surface area contributed by atoms with Crippen LogP contribution in [0.4, 0.5) is 11.4 Å². The van der Waals surface area contributed by atoms with E-state index in [1.54, 1.807) is 18.2 Å². The minimum atomic E-state index is 0.563. The summed E-state index contributed by atoms with van der Waals surface area (Å²) in [5, 5.41) is 15.4. The second kappa shape index (κ2) is 4.99. The lowest BCUT2D eigenvalue weighted by atomic mass is 10.2. The van der Waals surface area contributed by atoms with E-state index in [2.05, 4.69) is 21.5 Å². The molecule has 0 radical (unpaired) electrons. The molecule has 0 bridgehead atoms. The van der Waals surface area contributed by atoms with Gasteiger partial charge in [0.15, 0.2) is 6.33 Å². The zero-order valence-electron chi connectivity index (χ0n) is 9.05. The number of nitrogens with one attached hydrogen (secondary N) is 1. The van der Waals surface area contributed by atoms with Crippen LogP contribution in [-0.4, -0.2) is 16.7 Å². The van der Waals surface area contributed by atoms with E-state index < -0.39 is 0 Å². The second-order valence-electron chi connectivity index (χ2n) is 3.43. The van der Waals surface area contributed by atoms with E-state index in [0.29, 0.717) is 30.1 Å². The number of nitriles is 1. The van der Waals surface area contributed by atoms with Crippen molar-refractivity contribution in [1.29, 1.82) is 5.26 Å². The van der Waals surface area contributed by atoms with Gasteiger partial charge >= 0.3 is 0 Å². The van der Waals surface area contributed by atoms with Gasteiger partial charge < -0.3 is 15.6 Å². The summed E-state index contributed by atoms with van der Waals surface area (Å²) in [6, 6.07) is 7.15. The van der Waals surface area contributed by atoms with Crippen molar-refractivity contribution in [3.8, 4) is 6.07 Å². The standard InChI is InChI=1S/C11H11N5O/c12-6-8-1-2-9(13)10(5-8)14-4-3-11-15-7-16-17-11/h1-2,5,7,14H,3-4,13H2. The third-order valence-corrected chi connectivity index (χ3v) is 2.24. The van der Waals surface area contributed by atoms with Crippen LogP contribution in [0.25, 0.3) is 0 Å². The molecule has 0 unspecified atom stereocenters. The molecule has 0 amide bonds. The Hall–Kier alpha value is -2.55. The molecule has 0 spiro atoms. The van der Waals surface area contributed by atoms with E-state index in [9.17, 15) is 0 Å². The van der Waals surface area contributed by atoms with Crippen molar-refractivity contribution in [3.63, 3.8) is 0 Å². The number of nitrogen functional groups attached to an aromatic ring is 1. The van der Waals surface area contributed by atoms with Crippen LogP contribution in [0.2, 0.25) is 0 Å². The van der Waals surface area contributed by atoms with Gasteiger partial charge in [-0.1, -0.05) is 5.16 Å². The third kappa shape index (κ3) is 2.72. The van der Waals surface area contributed by atoms with Crippen molar-refractivity contribution < 1.29 is 4.52 Å². The maximum atomic E-state index is 8.78. The Balaban J connectivity index is 1.97. The molecular weight excluding hydrogens is 218 g/mol.